The summed E-state index contributed by atoms with van der Waals surface area (Å²) in [5.41, 5.74) is 5.49. The van der Waals surface area contributed by atoms with E-state index in [1.54, 1.807) is 30.5 Å². The average molecular weight is 325 g/mol. The lowest BCUT2D eigenvalue weighted by molar-refractivity contribution is 0.602. The Bertz CT molecular complexity index is 989. The van der Waals surface area contributed by atoms with E-state index in [0.29, 0.717) is 4.90 Å². The fraction of sp³-hybridized carbons (Fsp3) is 0.176. The molecule has 0 amide bonds. The van der Waals surface area contributed by atoms with Crippen LogP contribution in [0.15, 0.2) is 53.8 Å². The number of sulfone groups is 1. The maximum Gasteiger partial charge on any atom is 0.175 e. The van der Waals surface area contributed by atoms with Crippen molar-refractivity contribution in [2.24, 2.45) is 0 Å². The molecule has 4 rings (SSSR count). The molecule has 0 bridgehead atoms. The predicted molar refractivity (Wildman–Crippen MR) is 87.3 cm³/mol. The number of rotatable bonds is 2. The first-order valence-electron chi connectivity index (χ1n) is 7.35. The van der Waals surface area contributed by atoms with Crippen molar-refractivity contribution in [2.45, 2.75) is 17.7 Å². The highest BCUT2D eigenvalue weighted by atomic mass is 32.2. The van der Waals surface area contributed by atoms with Gasteiger partial charge in [0.2, 0.25) is 0 Å². The summed E-state index contributed by atoms with van der Waals surface area (Å²) in [5.74, 6) is 0. The van der Waals surface area contributed by atoms with E-state index in [9.17, 15) is 8.42 Å². The Balaban J connectivity index is 1.86. The van der Waals surface area contributed by atoms with Crippen LogP contribution < -0.4 is 0 Å². The van der Waals surface area contributed by atoms with Crippen LogP contribution >= 0.6 is 0 Å². The van der Waals surface area contributed by atoms with E-state index in [0.717, 1.165) is 29.8 Å². The summed E-state index contributed by atoms with van der Waals surface area (Å²) in [5, 5.41) is 4.51. The smallest absolute Gasteiger partial charge is 0.175 e. The van der Waals surface area contributed by atoms with E-state index in [1.807, 2.05) is 23.1 Å². The van der Waals surface area contributed by atoms with Crippen molar-refractivity contribution in [3.63, 3.8) is 0 Å². The van der Waals surface area contributed by atoms with Gasteiger partial charge in [0, 0.05) is 24.2 Å². The summed E-state index contributed by atoms with van der Waals surface area (Å²) in [6.07, 6.45) is 8.70. The molecule has 5 nitrogen and oxygen atoms in total. The van der Waals surface area contributed by atoms with Gasteiger partial charge in [-0.15, -0.1) is 0 Å². The fourth-order valence-corrected chi connectivity index (χ4v) is 3.64. The van der Waals surface area contributed by atoms with Crippen LogP contribution in [0, 0.1) is 0 Å². The number of hydrogen-bond acceptors (Lipinski definition) is 4. The van der Waals surface area contributed by atoms with E-state index >= 15 is 0 Å². The van der Waals surface area contributed by atoms with E-state index < -0.39 is 9.84 Å². The molecule has 0 saturated carbocycles. The van der Waals surface area contributed by atoms with Gasteiger partial charge >= 0.3 is 0 Å². The molecule has 0 unspecified atom stereocenters. The van der Waals surface area contributed by atoms with Crippen LogP contribution in [0.25, 0.3) is 16.9 Å². The zero-order chi connectivity index (χ0) is 16.0. The SMILES string of the molecule is CS(=O)(=O)c1ccc(-n2ncc3c2-c2ccncc2CC3)cc1. The first kappa shape index (κ1) is 14.1. The largest absolute Gasteiger partial charge is 0.264 e. The second kappa shape index (κ2) is 5.03. The molecule has 0 radical (unpaired) electrons. The Kier molecular flexibility index (Phi) is 3.09. The molecular weight excluding hydrogens is 310 g/mol. The van der Waals surface area contributed by atoms with Crippen molar-refractivity contribution in [3.8, 4) is 16.9 Å². The molecule has 0 spiro atoms. The van der Waals surface area contributed by atoms with Gasteiger partial charge in [-0.2, -0.15) is 5.10 Å². The summed E-state index contributed by atoms with van der Waals surface area (Å²) in [6.45, 7) is 0. The predicted octanol–water partition coefficient (Wildman–Crippen LogP) is 2.44. The Hall–Kier alpha value is -2.47. The van der Waals surface area contributed by atoms with Gasteiger partial charge in [0.1, 0.15) is 0 Å². The Labute approximate surface area is 134 Å². The van der Waals surface area contributed by atoms with Crippen LogP contribution in [0.5, 0.6) is 0 Å². The number of hydrogen-bond donors (Lipinski definition) is 0. The number of fused-ring (bicyclic) bond motifs is 3. The number of aryl methyl sites for hydroxylation is 2. The highest BCUT2D eigenvalue weighted by molar-refractivity contribution is 7.90. The van der Waals surface area contributed by atoms with E-state index in [2.05, 4.69) is 10.1 Å². The first-order chi connectivity index (χ1) is 11.0. The Morgan fingerprint density at radius 3 is 2.48 bits per heavy atom. The quantitative estimate of drug-likeness (QED) is 0.726. The van der Waals surface area contributed by atoms with Crippen LogP contribution in [-0.2, 0) is 22.7 Å². The van der Waals surface area contributed by atoms with Crippen molar-refractivity contribution in [3.05, 3.63) is 60.0 Å². The molecule has 0 saturated heterocycles. The minimum atomic E-state index is -3.19. The molecular formula is C17H15N3O2S. The maximum absolute atomic E-state index is 11.6. The minimum Gasteiger partial charge on any atom is -0.264 e. The van der Waals surface area contributed by atoms with Crippen molar-refractivity contribution < 1.29 is 8.42 Å². The normalized spacial score (nSPS) is 13.4. The van der Waals surface area contributed by atoms with E-state index in [1.165, 1.54) is 17.4 Å². The van der Waals surface area contributed by atoms with Gasteiger partial charge in [-0.25, -0.2) is 13.1 Å². The van der Waals surface area contributed by atoms with Crippen LogP contribution in [0.4, 0.5) is 0 Å². The number of nitrogens with zero attached hydrogens (tertiary/aromatic N) is 3. The van der Waals surface area contributed by atoms with Crippen LogP contribution in [0.2, 0.25) is 0 Å². The number of benzene rings is 1. The van der Waals surface area contributed by atoms with Crippen LogP contribution in [0.1, 0.15) is 11.1 Å². The highest BCUT2D eigenvalue weighted by Crippen LogP contribution is 2.34. The molecule has 6 heteroatoms. The average Bonchev–Trinajstić information content (AvgIpc) is 2.99. The molecule has 2 aromatic heterocycles. The summed E-state index contributed by atoms with van der Waals surface area (Å²) in [4.78, 5) is 4.51. The topological polar surface area (TPSA) is 64.8 Å². The second-order valence-corrected chi connectivity index (χ2v) is 7.74. The molecule has 1 aromatic carbocycles. The summed E-state index contributed by atoms with van der Waals surface area (Å²) >= 11 is 0. The maximum atomic E-state index is 11.6. The summed E-state index contributed by atoms with van der Waals surface area (Å²) in [7, 11) is -3.19. The van der Waals surface area contributed by atoms with Gasteiger partial charge in [-0.1, -0.05) is 0 Å². The van der Waals surface area contributed by atoms with Crippen LogP contribution in [0.3, 0.4) is 0 Å². The van der Waals surface area contributed by atoms with Gasteiger partial charge in [0.05, 0.1) is 22.5 Å². The van der Waals surface area contributed by atoms with Crippen molar-refractivity contribution >= 4 is 9.84 Å². The highest BCUT2D eigenvalue weighted by Gasteiger charge is 2.21. The Morgan fingerprint density at radius 1 is 1.00 bits per heavy atom. The molecule has 2 heterocycles. The lowest BCUT2D eigenvalue weighted by Crippen LogP contribution is -2.07. The molecule has 116 valence electrons. The van der Waals surface area contributed by atoms with Crippen molar-refractivity contribution in [2.75, 3.05) is 6.26 Å². The zero-order valence-electron chi connectivity index (χ0n) is 12.6. The van der Waals surface area contributed by atoms with Gasteiger partial charge < -0.3 is 0 Å². The van der Waals surface area contributed by atoms with Gasteiger partial charge in [-0.05, 0) is 54.3 Å². The third-order valence-electron chi connectivity index (χ3n) is 4.18. The molecule has 0 fully saturated rings. The third kappa shape index (κ3) is 2.35. The molecule has 0 atom stereocenters. The number of pyridine rings is 1. The first-order valence-corrected chi connectivity index (χ1v) is 9.24. The summed E-state index contributed by atoms with van der Waals surface area (Å²) < 4.78 is 25.1. The van der Waals surface area contributed by atoms with E-state index in [4.69, 9.17) is 0 Å². The molecule has 1 aliphatic rings. The molecule has 0 N–H and O–H groups in total. The summed E-state index contributed by atoms with van der Waals surface area (Å²) in [6, 6.07) is 8.83. The second-order valence-electron chi connectivity index (χ2n) is 5.73. The Morgan fingerprint density at radius 2 is 1.74 bits per heavy atom. The lowest BCUT2D eigenvalue weighted by atomic mass is 9.92. The third-order valence-corrected chi connectivity index (χ3v) is 5.31. The standard InChI is InChI=1S/C17H15N3O2S/c1-23(21,22)15-6-4-14(5-7-15)20-17-13(11-19-20)3-2-12-10-18-9-8-16(12)17/h4-11H,2-3H2,1H3. The van der Waals surface area contributed by atoms with Gasteiger partial charge in [0.25, 0.3) is 0 Å². The van der Waals surface area contributed by atoms with Gasteiger partial charge in [-0.3, -0.25) is 4.98 Å². The minimum absolute atomic E-state index is 0.312. The molecule has 0 aliphatic heterocycles. The van der Waals surface area contributed by atoms with Crippen molar-refractivity contribution in [1.82, 2.24) is 14.8 Å². The lowest BCUT2D eigenvalue weighted by Gasteiger charge is -2.18. The monoisotopic (exact) mass is 325 g/mol. The molecule has 1 aliphatic carbocycles. The number of aromatic nitrogens is 3. The van der Waals surface area contributed by atoms with Crippen molar-refractivity contribution in [1.29, 1.82) is 0 Å². The molecule has 23 heavy (non-hydrogen) atoms. The van der Waals surface area contributed by atoms with Crippen LogP contribution in [-0.4, -0.2) is 29.4 Å². The molecule has 3 aromatic rings. The van der Waals surface area contributed by atoms with E-state index in [-0.39, 0.29) is 0 Å². The fourth-order valence-electron chi connectivity index (χ4n) is 3.01. The van der Waals surface area contributed by atoms with Gasteiger partial charge in [0.15, 0.2) is 9.84 Å². The zero-order valence-corrected chi connectivity index (χ0v) is 13.4.